The fourth-order valence-corrected chi connectivity index (χ4v) is 2.50. The Morgan fingerprint density at radius 3 is 2.32 bits per heavy atom. The summed E-state index contributed by atoms with van der Waals surface area (Å²) in [4.78, 5) is 34.6. The van der Waals surface area contributed by atoms with Crippen LogP contribution in [0.2, 0.25) is 0 Å². The lowest BCUT2D eigenvalue weighted by atomic mass is 10.1. The van der Waals surface area contributed by atoms with Crippen LogP contribution < -0.4 is 25.0 Å². The topological polar surface area (TPSA) is 162 Å². The summed E-state index contributed by atoms with van der Waals surface area (Å²) in [5, 5.41) is 26.4. The number of benzene rings is 2. The molecule has 0 aromatic heterocycles. The number of hydrogen-bond acceptors (Lipinski definition) is 9. The summed E-state index contributed by atoms with van der Waals surface area (Å²) in [6.07, 6.45) is 1.01. The van der Waals surface area contributed by atoms with Gasteiger partial charge in [-0.1, -0.05) is 0 Å². The van der Waals surface area contributed by atoms with Gasteiger partial charge in [-0.15, -0.1) is 0 Å². The number of hydrazone groups is 1. The summed E-state index contributed by atoms with van der Waals surface area (Å²) in [7, 11) is 4.24. The molecular formula is C19H20N4O8. The van der Waals surface area contributed by atoms with Crippen molar-refractivity contribution in [1.29, 1.82) is 0 Å². The number of nitrogens with zero attached hydrogens (tertiary/aromatic N) is 2. The van der Waals surface area contributed by atoms with Gasteiger partial charge < -0.3 is 24.6 Å². The van der Waals surface area contributed by atoms with Crippen molar-refractivity contribution >= 4 is 23.7 Å². The van der Waals surface area contributed by atoms with E-state index < -0.39 is 23.3 Å². The first kappa shape index (κ1) is 22.9. The molecule has 0 saturated carbocycles. The first-order chi connectivity index (χ1) is 14.8. The number of nitrogens with one attached hydrogen (secondary N) is 2. The molecule has 0 atom stereocenters. The molecule has 2 amide bonds. The number of hydrogen-bond donors (Lipinski definition) is 3. The predicted octanol–water partition coefficient (Wildman–Crippen LogP) is 1.21. The summed E-state index contributed by atoms with van der Waals surface area (Å²) in [5.41, 5.74) is 1.99. The van der Waals surface area contributed by atoms with Crippen LogP contribution in [0.1, 0.15) is 15.9 Å². The first-order valence-corrected chi connectivity index (χ1v) is 8.68. The van der Waals surface area contributed by atoms with Crippen molar-refractivity contribution in [2.75, 3.05) is 27.9 Å². The predicted molar refractivity (Wildman–Crippen MR) is 109 cm³/mol. The standard InChI is InChI=1S/C19H20N4O8/c1-29-15-7-11(8-16(30-2)18(15)31-3)19(26)20-10-17(25)22-21-9-12-6-13(24)4-5-14(12)23(27)28/h4-9,24H,10H2,1-3H3,(H,20,26)(H,22,25)/b21-9+. The Morgan fingerprint density at radius 1 is 1.13 bits per heavy atom. The zero-order valence-corrected chi connectivity index (χ0v) is 16.9. The van der Waals surface area contributed by atoms with E-state index in [1.165, 1.54) is 33.5 Å². The van der Waals surface area contributed by atoms with Crippen molar-refractivity contribution in [2.45, 2.75) is 0 Å². The van der Waals surface area contributed by atoms with Crippen LogP contribution in [0.3, 0.4) is 0 Å². The molecule has 12 nitrogen and oxygen atoms in total. The maximum atomic E-state index is 12.4. The van der Waals surface area contributed by atoms with Gasteiger partial charge in [-0.05, 0) is 24.3 Å². The number of amides is 2. The molecule has 0 spiro atoms. The largest absolute Gasteiger partial charge is 0.508 e. The van der Waals surface area contributed by atoms with Crippen molar-refractivity contribution in [2.24, 2.45) is 5.10 Å². The number of nitro benzene ring substituents is 1. The molecule has 0 bridgehead atoms. The van der Waals surface area contributed by atoms with Crippen molar-refractivity contribution in [3.8, 4) is 23.0 Å². The van der Waals surface area contributed by atoms with Crippen molar-refractivity contribution in [1.82, 2.24) is 10.7 Å². The molecule has 0 aliphatic rings. The Hall–Kier alpha value is -4.35. The number of carbonyl (C=O) groups is 2. The average molecular weight is 432 g/mol. The number of nitro groups is 1. The smallest absolute Gasteiger partial charge is 0.278 e. The molecule has 2 aromatic carbocycles. The Kier molecular flexibility index (Phi) is 7.72. The average Bonchev–Trinajstić information content (AvgIpc) is 2.76. The summed E-state index contributed by atoms with van der Waals surface area (Å²) in [5.74, 6) is -0.602. The highest BCUT2D eigenvalue weighted by Crippen LogP contribution is 2.38. The SMILES string of the molecule is COc1cc(C(=O)NCC(=O)N/N=C/c2cc(O)ccc2[N+](=O)[O-])cc(OC)c1OC. The lowest BCUT2D eigenvalue weighted by Crippen LogP contribution is -2.35. The minimum atomic E-state index is -0.681. The number of ether oxygens (including phenoxy) is 3. The molecule has 0 heterocycles. The molecule has 0 aliphatic heterocycles. The molecule has 31 heavy (non-hydrogen) atoms. The Labute approximate surface area is 176 Å². The third-order valence-electron chi connectivity index (χ3n) is 3.94. The normalized spacial score (nSPS) is 10.4. The summed E-state index contributed by atoms with van der Waals surface area (Å²) >= 11 is 0. The molecule has 0 unspecified atom stereocenters. The molecule has 3 N–H and O–H groups in total. The van der Waals surface area contributed by atoms with Gasteiger partial charge in [0.05, 0.1) is 44.6 Å². The fraction of sp³-hybridized carbons (Fsp3) is 0.211. The molecule has 0 aliphatic carbocycles. The zero-order chi connectivity index (χ0) is 23.0. The Bertz CT molecular complexity index is 997. The van der Waals surface area contributed by atoms with E-state index in [1.807, 2.05) is 0 Å². The number of carbonyl (C=O) groups excluding carboxylic acids is 2. The molecule has 0 saturated heterocycles. The van der Waals surface area contributed by atoms with Crippen LogP contribution in [0, 0.1) is 10.1 Å². The third kappa shape index (κ3) is 5.82. The lowest BCUT2D eigenvalue weighted by Gasteiger charge is -2.14. The summed E-state index contributed by atoms with van der Waals surface area (Å²) in [6, 6.07) is 6.24. The minimum Gasteiger partial charge on any atom is -0.508 e. The highest BCUT2D eigenvalue weighted by molar-refractivity contribution is 5.97. The van der Waals surface area contributed by atoms with E-state index in [0.717, 1.165) is 24.4 Å². The minimum absolute atomic E-state index is 0.00763. The Morgan fingerprint density at radius 2 is 1.77 bits per heavy atom. The monoisotopic (exact) mass is 432 g/mol. The second-order valence-electron chi connectivity index (χ2n) is 5.89. The van der Waals surface area contributed by atoms with Gasteiger partial charge in [0, 0.05) is 11.6 Å². The number of phenols is 1. The van der Waals surface area contributed by atoms with Crippen molar-refractivity contribution in [3.05, 3.63) is 51.6 Å². The van der Waals surface area contributed by atoms with Gasteiger partial charge in [0.25, 0.3) is 17.5 Å². The number of aromatic hydroxyl groups is 1. The highest BCUT2D eigenvalue weighted by Gasteiger charge is 2.17. The van der Waals surface area contributed by atoms with Crippen LogP contribution in [0.4, 0.5) is 5.69 Å². The van der Waals surface area contributed by atoms with E-state index in [0.29, 0.717) is 5.75 Å². The molecule has 0 fully saturated rings. The highest BCUT2D eigenvalue weighted by atomic mass is 16.6. The summed E-state index contributed by atoms with van der Waals surface area (Å²) < 4.78 is 15.5. The molecular weight excluding hydrogens is 412 g/mol. The molecule has 164 valence electrons. The van der Waals surface area contributed by atoms with Gasteiger partial charge in [-0.2, -0.15) is 5.10 Å². The van der Waals surface area contributed by atoms with Gasteiger partial charge >= 0.3 is 0 Å². The van der Waals surface area contributed by atoms with E-state index in [-0.39, 0.29) is 34.1 Å². The van der Waals surface area contributed by atoms with Crippen LogP contribution in [0.5, 0.6) is 23.0 Å². The van der Waals surface area contributed by atoms with E-state index in [4.69, 9.17) is 14.2 Å². The second kappa shape index (κ2) is 10.4. The number of phenolic OH excluding ortho intramolecular Hbond substituents is 1. The first-order valence-electron chi connectivity index (χ1n) is 8.68. The van der Waals surface area contributed by atoms with Gasteiger partial charge in [0.2, 0.25) is 5.75 Å². The van der Waals surface area contributed by atoms with Gasteiger partial charge in [-0.3, -0.25) is 19.7 Å². The van der Waals surface area contributed by atoms with E-state index >= 15 is 0 Å². The number of rotatable bonds is 9. The maximum Gasteiger partial charge on any atom is 0.278 e. The molecule has 12 heteroatoms. The third-order valence-corrected chi connectivity index (χ3v) is 3.94. The zero-order valence-electron chi connectivity index (χ0n) is 16.9. The second-order valence-corrected chi connectivity index (χ2v) is 5.89. The lowest BCUT2D eigenvalue weighted by molar-refractivity contribution is -0.385. The molecule has 2 rings (SSSR count). The van der Waals surface area contributed by atoms with E-state index in [9.17, 15) is 24.8 Å². The molecule has 0 radical (unpaired) electrons. The maximum absolute atomic E-state index is 12.4. The quantitative estimate of drug-likeness (QED) is 0.302. The van der Waals surface area contributed by atoms with Gasteiger partial charge in [-0.25, -0.2) is 5.43 Å². The van der Waals surface area contributed by atoms with Gasteiger partial charge in [0.1, 0.15) is 5.75 Å². The fourth-order valence-electron chi connectivity index (χ4n) is 2.50. The Balaban J connectivity index is 2.01. The van der Waals surface area contributed by atoms with Crippen molar-refractivity contribution < 1.29 is 33.8 Å². The van der Waals surface area contributed by atoms with E-state index in [1.54, 1.807) is 0 Å². The van der Waals surface area contributed by atoms with Crippen molar-refractivity contribution in [3.63, 3.8) is 0 Å². The van der Waals surface area contributed by atoms with Crippen LogP contribution >= 0.6 is 0 Å². The van der Waals surface area contributed by atoms with E-state index in [2.05, 4.69) is 15.8 Å². The number of methoxy groups -OCH3 is 3. The van der Waals surface area contributed by atoms with Crippen LogP contribution in [-0.2, 0) is 4.79 Å². The van der Waals surface area contributed by atoms with Crippen LogP contribution in [0.25, 0.3) is 0 Å². The van der Waals surface area contributed by atoms with Crippen LogP contribution in [-0.4, -0.2) is 55.9 Å². The molecule has 2 aromatic rings. The van der Waals surface area contributed by atoms with Crippen LogP contribution in [0.15, 0.2) is 35.4 Å². The van der Waals surface area contributed by atoms with Gasteiger partial charge in [0.15, 0.2) is 11.5 Å². The summed E-state index contributed by atoms with van der Waals surface area (Å²) in [6.45, 7) is -0.422.